The van der Waals surface area contributed by atoms with Crippen LogP contribution >= 0.6 is 11.6 Å². The third-order valence-corrected chi connectivity index (χ3v) is 4.60. The molecule has 3 aromatic rings. The molecule has 0 atom stereocenters. The van der Waals surface area contributed by atoms with Gasteiger partial charge in [-0.1, -0.05) is 29.8 Å². The van der Waals surface area contributed by atoms with E-state index in [0.29, 0.717) is 23.0 Å². The molecule has 0 unspecified atom stereocenters. The van der Waals surface area contributed by atoms with Gasteiger partial charge in [-0.3, -0.25) is 9.59 Å². The lowest BCUT2D eigenvalue weighted by molar-refractivity contribution is -0.137. The summed E-state index contributed by atoms with van der Waals surface area (Å²) in [7, 11) is 0. The van der Waals surface area contributed by atoms with E-state index in [2.05, 4.69) is 20.9 Å². The first-order valence-corrected chi connectivity index (χ1v) is 9.83. The third-order valence-electron chi connectivity index (χ3n) is 4.31. The number of rotatable bonds is 7. The van der Waals surface area contributed by atoms with Crippen molar-refractivity contribution in [1.29, 1.82) is 0 Å². The lowest BCUT2D eigenvalue weighted by Crippen LogP contribution is -2.29. The first-order chi connectivity index (χ1) is 15.2. The van der Waals surface area contributed by atoms with Crippen molar-refractivity contribution in [3.05, 3.63) is 88.6 Å². The van der Waals surface area contributed by atoms with Crippen molar-refractivity contribution >= 4 is 34.9 Å². The van der Waals surface area contributed by atoms with Crippen LogP contribution in [0.5, 0.6) is 0 Å². The number of benzene rings is 2. The summed E-state index contributed by atoms with van der Waals surface area (Å²) in [5.74, 6) is -0.518. The van der Waals surface area contributed by atoms with Gasteiger partial charge in [0.15, 0.2) is 0 Å². The molecule has 0 aliphatic rings. The van der Waals surface area contributed by atoms with Crippen LogP contribution in [0.4, 0.5) is 24.7 Å². The second kappa shape index (κ2) is 10.1. The van der Waals surface area contributed by atoms with E-state index < -0.39 is 11.7 Å². The van der Waals surface area contributed by atoms with Crippen molar-refractivity contribution in [3.63, 3.8) is 0 Å². The zero-order valence-electron chi connectivity index (χ0n) is 16.5. The molecule has 0 aliphatic heterocycles. The number of nitrogens with zero attached hydrogens (tertiary/aromatic N) is 1. The fourth-order valence-electron chi connectivity index (χ4n) is 2.68. The molecule has 0 fully saturated rings. The molecule has 0 saturated heterocycles. The highest BCUT2D eigenvalue weighted by Crippen LogP contribution is 2.32. The number of nitrogens with one attached hydrogen (secondary N) is 3. The second-order valence-corrected chi connectivity index (χ2v) is 7.04. The second-order valence-electron chi connectivity index (χ2n) is 6.63. The Bertz CT molecular complexity index is 1090. The predicted molar refractivity (Wildman–Crippen MR) is 116 cm³/mol. The molecule has 0 spiro atoms. The maximum atomic E-state index is 12.6. The number of aromatic nitrogens is 1. The zero-order valence-corrected chi connectivity index (χ0v) is 17.3. The molecule has 0 bridgehead atoms. The molecule has 0 radical (unpaired) electrons. The molecule has 166 valence electrons. The van der Waals surface area contributed by atoms with E-state index in [9.17, 15) is 22.8 Å². The molecule has 0 aliphatic carbocycles. The summed E-state index contributed by atoms with van der Waals surface area (Å²) < 4.78 is 37.9. The Labute approximate surface area is 186 Å². The van der Waals surface area contributed by atoms with Crippen LogP contribution in [0.25, 0.3) is 0 Å². The molecular formula is C22H18ClF3N4O2. The minimum Gasteiger partial charge on any atom is -0.367 e. The highest BCUT2D eigenvalue weighted by atomic mass is 35.5. The summed E-state index contributed by atoms with van der Waals surface area (Å²) in [5.41, 5.74) is 0.503. The van der Waals surface area contributed by atoms with Crippen LogP contribution < -0.4 is 16.0 Å². The quantitative estimate of drug-likeness (QED) is 0.438. The maximum Gasteiger partial charge on any atom is 0.417 e. The van der Waals surface area contributed by atoms with Crippen LogP contribution in [0.1, 0.15) is 26.3 Å². The Morgan fingerprint density at radius 3 is 2.19 bits per heavy atom. The van der Waals surface area contributed by atoms with Crippen molar-refractivity contribution in [2.24, 2.45) is 0 Å². The smallest absolute Gasteiger partial charge is 0.367 e. The van der Waals surface area contributed by atoms with Gasteiger partial charge >= 0.3 is 6.18 Å². The van der Waals surface area contributed by atoms with Crippen LogP contribution in [-0.4, -0.2) is 29.9 Å². The van der Waals surface area contributed by atoms with Gasteiger partial charge in [0.05, 0.1) is 10.6 Å². The Hall–Kier alpha value is -3.59. The number of hydrogen-bond donors (Lipinski definition) is 3. The van der Waals surface area contributed by atoms with Crippen LogP contribution in [-0.2, 0) is 6.18 Å². The first kappa shape index (κ1) is 23.1. The van der Waals surface area contributed by atoms with E-state index in [1.165, 1.54) is 0 Å². The fraction of sp³-hybridized carbons (Fsp3) is 0.136. The van der Waals surface area contributed by atoms with E-state index in [1.54, 1.807) is 48.5 Å². The van der Waals surface area contributed by atoms with E-state index in [0.717, 1.165) is 6.07 Å². The monoisotopic (exact) mass is 462 g/mol. The average Bonchev–Trinajstić information content (AvgIpc) is 2.77. The van der Waals surface area contributed by atoms with E-state index >= 15 is 0 Å². The van der Waals surface area contributed by atoms with Gasteiger partial charge in [0.2, 0.25) is 0 Å². The summed E-state index contributed by atoms with van der Waals surface area (Å²) in [6, 6.07) is 15.9. The summed E-state index contributed by atoms with van der Waals surface area (Å²) in [6.07, 6.45) is -3.84. The summed E-state index contributed by atoms with van der Waals surface area (Å²) >= 11 is 5.82. The van der Waals surface area contributed by atoms with Gasteiger partial charge in [-0.2, -0.15) is 13.2 Å². The first-order valence-electron chi connectivity index (χ1n) is 9.45. The van der Waals surface area contributed by atoms with Crippen LogP contribution in [0.15, 0.2) is 66.9 Å². The Morgan fingerprint density at radius 2 is 1.56 bits per heavy atom. The largest absolute Gasteiger partial charge is 0.417 e. The molecule has 32 heavy (non-hydrogen) atoms. The van der Waals surface area contributed by atoms with Crippen LogP contribution in [0, 0.1) is 0 Å². The maximum absolute atomic E-state index is 12.6. The molecule has 1 heterocycles. The molecule has 0 saturated carbocycles. The van der Waals surface area contributed by atoms with Gasteiger partial charge in [-0.05, 0) is 42.5 Å². The van der Waals surface area contributed by atoms with Gasteiger partial charge < -0.3 is 16.0 Å². The van der Waals surface area contributed by atoms with Crippen molar-refractivity contribution in [2.75, 3.05) is 23.7 Å². The van der Waals surface area contributed by atoms with Crippen LogP contribution in [0.3, 0.4) is 0 Å². The van der Waals surface area contributed by atoms with Gasteiger partial charge in [0.25, 0.3) is 11.8 Å². The van der Waals surface area contributed by atoms with Crippen molar-refractivity contribution < 1.29 is 22.8 Å². The van der Waals surface area contributed by atoms with E-state index in [4.69, 9.17) is 11.6 Å². The third kappa shape index (κ3) is 6.21. The minimum absolute atomic E-state index is 0.0902. The van der Waals surface area contributed by atoms with Crippen molar-refractivity contribution in [1.82, 2.24) is 10.3 Å². The number of carbonyl (C=O) groups is 2. The van der Waals surface area contributed by atoms with E-state index in [1.807, 2.05) is 6.07 Å². The van der Waals surface area contributed by atoms with Crippen molar-refractivity contribution in [2.45, 2.75) is 6.18 Å². The number of carbonyl (C=O) groups excluding carboxylic acids is 2. The zero-order chi connectivity index (χ0) is 23.1. The molecule has 3 N–H and O–H groups in total. The van der Waals surface area contributed by atoms with Crippen molar-refractivity contribution in [3.8, 4) is 0 Å². The molecular weight excluding hydrogens is 445 g/mol. The van der Waals surface area contributed by atoms with Gasteiger partial charge in [-0.15, -0.1) is 0 Å². The molecule has 3 rings (SSSR count). The summed E-state index contributed by atoms with van der Waals surface area (Å²) in [5, 5.41) is 8.02. The van der Waals surface area contributed by atoms with E-state index in [-0.39, 0.29) is 35.7 Å². The number of amides is 2. The summed E-state index contributed by atoms with van der Waals surface area (Å²) in [6.45, 7) is 0.388. The van der Waals surface area contributed by atoms with Crippen LogP contribution in [0.2, 0.25) is 5.02 Å². The number of pyridine rings is 1. The fourth-order valence-corrected chi connectivity index (χ4v) is 2.91. The highest BCUT2D eigenvalue weighted by molar-refractivity contribution is 6.33. The average molecular weight is 463 g/mol. The van der Waals surface area contributed by atoms with Gasteiger partial charge in [0.1, 0.15) is 5.82 Å². The minimum atomic E-state index is -4.52. The molecule has 1 aromatic heterocycles. The summed E-state index contributed by atoms with van der Waals surface area (Å²) in [4.78, 5) is 28.1. The lowest BCUT2D eigenvalue weighted by Gasteiger charge is -2.11. The molecule has 10 heteroatoms. The SMILES string of the molecule is O=C(NCCNc1ncc(C(F)(F)F)cc1Cl)c1ccc(NC(=O)c2ccccc2)cc1. The number of halogens is 4. The number of alkyl halides is 3. The predicted octanol–water partition coefficient (Wildman–Crippen LogP) is 4.85. The highest BCUT2D eigenvalue weighted by Gasteiger charge is 2.31. The lowest BCUT2D eigenvalue weighted by atomic mass is 10.1. The number of hydrogen-bond acceptors (Lipinski definition) is 4. The Kier molecular flexibility index (Phi) is 7.32. The Balaban J connectivity index is 1.47. The Morgan fingerprint density at radius 1 is 0.906 bits per heavy atom. The topological polar surface area (TPSA) is 83.1 Å². The van der Waals surface area contributed by atoms with Gasteiger partial charge in [-0.25, -0.2) is 4.98 Å². The molecule has 2 aromatic carbocycles. The molecule has 2 amide bonds. The normalized spacial score (nSPS) is 11.0. The molecule has 6 nitrogen and oxygen atoms in total. The van der Waals surface area contributed by atoms with Gasteiger partial charge in [0, 0.05) is 36.1 Å². The number of anilines is 2. The standard InChI is InChI=1S/C22H18ClF3N4O2/c23-18-12-16(22(24,25)26)13-29-19(18)27-10-11-28-20(31)15-6-8-17(9-7-15)30-21(32)14-4-2-1-3-5-14/h1-9,12-13H,10-11H2,(H,27,29)(H,28,31)(H,30,32).